The molecule has 4 aromatic carbocycles. The molecule has 142 valence electrons. The van der Waals surface area contributed by atoms with Crippen molar-refractivity contribution in [3.05, 3.63) is 102 Å². The summed E-state index contributed by atoms with van der Waals surface area (Å²) < 4.78 is 0. The van der Waals surface area contributed by atoms with Gasteiger partial charge in [-0.05, 0) is 34.5 Å². The summed E-state index contributed by atoms with van der Waals surface area (Å²) in [4.78, 5) is 8.26. The first kappa shape index (κ1) is 17.3. The minimum atomic E-state index is 0.745. The zero-order valence-corrected chi connectivity index (χ0v) is 16.8. The first-order valence-electron chi connectivity index (χ1n) is 9.93. The van der Waals surface area contributed by atoms with E-state index in [4.69, 9.17) is 16.6 Å². The van der Waals surface area contributed by atoms with Gasteiger partial charge in [0.15, 0.2) is 0 Å². The number of hydrogen-bond donors (Lipinski definition) is 1. The van der Waals surface area contributed by atoms with Gasteiger partial charge in [0.05, 0.1) is 5.69 Å². The van der Waals surface area contributed by atoms with Crippen LogP contribution in [0.1, 0.15) is 0 Å². The highest BCUT2D eigenvalue weighted by Gasteiger charge is 2.19. The Labute approximate surface area is 178 Å². The highest BCUT2D eigenvalue weighted by Crippen LogP contribution is 2.44. The average Bonchev–Trinajstić information content (AvgIpc) is 3.23. The zero-order chi connectivity index (χ0) is 20.1. The summed E-state index contributed by atoms with van der Waals surface area (Å²) in [6.07, 6.45) is 3.96. The molecule has 3 heteroatoms. The van der Waals surface area contributed by atoms with Crippen LogP contribution in [-0.4, -0.2) is 9.97 Å². The van der Waals surface area contributed by atoms with E-state index in [2.05, 4.69) is 84.0 Å². The van der Waals surface area contributed by atoms with E-state index in [1.54, 1.807) is 0 Å². The second-order valence-electron chi connectivity index (χ2n) is 7.46. The van der Waals surface area contributed by atoms with E-state index in [-0.39, 0.29) is 0 Å². The van der Waals surface area contributed by atoms with Crippen LogP contribution in [0.4, 0.5) is 0 Å². The molecule has 0 amide bonds. The van der Waals surface area contributed by atoms with Gasteiger partial charge in [0.1, 0.15) is 0 Å². The predicted molar refractivity (Wildman–Crippen MR) is 127 cm³/mol. The average molecular weight is 405 g/mol. The molecule has 0 aliphatic rings. The van der Waals surface area contributed by atoms with Crippen LogP contribution >= 0.6 is 11.6 Å². The number of pyridine rings is 1. The highest BCUT2D eigenvalue weighted by molar-refractivity contribution is 6.37. The van der Waals surface area contributed by atoms with Gasteiger partial charge in [-0.2, -0.15) is 0 Å². The molecule has 2 nitrogen and oxygen atoms in total. The van der Waals surface area contributed by atoms with Crippen molar-refractivity contribution < 1.29 is 0 Å². The summed E-state index contributed by atoms with van der Waals surface area (Å²) in [5.74, 6) is 0. The van der Waals surface area contributed by atoms with Crippen molar-refractivity contribution in [2.24, 2.45) is 0 Å². The van der Waals surface area contributed by atoms with Gasteiger partial charge in [-0.1, -0.05) is 78.3 Å². The molecule has 30 heavy (non-hydrogen) atoms. The van der Waals surface area contributed by atoms with Crippen LogP contribution in [0.3, 0.4) is 0 Å². The SMILES string of the molecule is Clc1cc(-c2c[nH]c3ccccc23)c(-c2nccc3ccccc23)c2ccccc12. The standard InChI is InChI=1S/C27H17ClN2/c28-24-15-22(23-16-30-25-12-6-5-10-20(23)25)26(21-11-4-3-9-19(21)24)27-18-8-2-1-7-17(18)13-14-29-27/h1-16,30H. The smallest absolute Gasteiger partial charge is 0.0792 e. The van der Waals surface area contributed by atoms with Gasteiger partial charge in [0.25, 0.3) is 0 Å². The Balaban J connectivity index is 1.81. The minimum Gasteiger partial charge on any atom is -0.361 e. The van der Waals surface area contributed by atoms with Gasteiger partial charge in [0.2, 0.25) is 0 Å². The minimum absolute atomic E-state index is 0.745. The molecule has 0 aliphatic carbocycles. The molecule has 0 spiro atoms. The third-order valence-corrected chi connectivity index (χ3v) is 6.10. The Kier molecular flexibility index (Phi) is 3.87. The van der Waals surface area contributed by atoms with Crippen molar-refractivity contribution in [3.8, 4) is 22.4 Å². The number of hydrogen-bond acceptors (Lipinski definition) is 1. The van der Waals surface area contributed by atoms with Crippen molar-refractivity contribution in [1.82, 2.24) is 9.97 Å². The molecular weight excluding hydrogens is 388 g/mol. The van der Waals surface area contributed by atoms with Crippen LogP contribution in [0.25, 0.3) is 54.8 Å². The van der Waals surface area contributed by atoms with Gasteiger partial charge in [-0.25, -0.2) is 0 Å². The number of nitrogens with one attached hydrogen (secondary N) is 1. The van der Waals surface area contributed by atoms with Gasteiger partial charge < -0.3 is 4.98 Å². The maximum absolute atomic E-state index is 6.78. The van der Waals surface area contributed by atoms with E-state index in [1.165, 1.54) is 10.8 Å². The number of aromatic nitrogens is 2. The van der Waals surface area contributed by atoms with E-state index in [1.807, 2.05) is 18.3 Å². The van der Waals surface area contributed by atoms with Crippen molar-refractivity contribution in [2.75, 3.05) is 0 Å². The molecule has 0 atom stereocenters. The summed E-state index contributed by atoms with van der Waals surface area (Å²) in [7, 11) is 0. The Bertz CT molecular complexity index is 1560. The van der Waals surface area contributed by atoms with Crippen molar-refractivity contribution in [2.45, 2.75) is 0 Å². The third kappa shape index (κ3) is 2.54. The lowest BCUT2D eigenvalue weighted by Gasteiger charge is -2.16. The molecule has 6 rings (SSSR count). The number of halogens is 1. The third-order valence-electron chi connectivity index (χ3n) is 5.78. The molecular formula is C27H17ClN2. The molecule has 0 radical (unpaired) electrons. The lowest BCUT2D eigenvalue weighted by atomic mass is 9.90. The normalized spacial score (nSPS) is 11.5. The quantitative estimate of drug-likeness (QED) is 0.312. The fourth-order valence-electron chi connectivity index (χ4n) is 4.41. The number of H-pyrrole nitrogens is 1. The van der Waals surface area contributed by atoms with Crippen LogP contribution in [0, 0.1) is 0 Å². The van der Waals surface area contributed by atoms with Gasteiger partial charge >= 0.3 is 0 Å². The Hall–Kier alpha value is -3.62. The zero-order valence-electron chi connectivity index (χ0n) is 16.1. The molecule has 2 aromatic heterocycles. The first-order chi connectivity index (χ1) is 14.8. The number of benzene rings is 4. The second-order valence-corrected chi connectivity index (χ2v) is 7.86. The molecule has 0 unspecified atom stereocenters. The second kappa shape index (κ2) is 6.72. The van der Waals surface area contributed by atoms with Crippen molar-refractivity contribution >= 4 is 44.0 Å². The van der Waals surface area contributed by atoms with Gasteiger partial charge in [0, 0.05) is 50.2 Å². The van der Waals surface area contributed by atoms with Crippen molar-refractivity contribution in [3.63, 3.8) is 0 Å². The fourth-order valence-corrected chi connectivity index (χ4v) is 4.69. The van der Waals surface area contributed by atoms with E-state index >= 15 is 0 Å². The number of rotatable bonds is 2. The lowest BCUT2D eigenvalue weighted by Crippen LogP contribution is -1.92. The monoisotopic (exact) mass is 404 g/mol. The van der Waals surface area contributed by atoms with Crippen LogP contribution < -0.4 is 0 Å². The molecule has 0 saturated carbocycles. The number of nitrogens with zero attached hydrogens (tertiary/aromatic N) is 1. The largest absolute Gasteiger partial charge is 0.361 e. The van der Waals surface area contributed by atoms with Crippen molar-refractivity contribution in [1.29, 1.82) is 0 Å². The Morgan fingerprint density at radius 3 is 2.23 bits per heavy atom. The highest BCUT2D eigenvalue weighted by atomic mass is 35.5. The van der Waals surface area contributed by atoms with Crippen LogP contribution in [-0.2, 0) is 0 Å². The maximum Gasteiger partial charge on any atom is 0.0792 e. The molecule has 0 fully saturated rings. The lowest BCUT2D eigenvalue weighted by molar-refractivity contribution is 1.36. The van der Waals surface area contributed by atoms with Crippen LogP contribution in [0.15, 0.2) is 97.3 Å². The fraction of sp³-hybridized carbons (Fsp3) is 0. The van der Waals surface area contributed by atoms with Crippen LogP contribution in [0.2, 0.25) is 5.02 Å². The first-order valence-corrected chi connectivity index (χ1v) is 10.3. The summed E-state index contributed by atoms with van der Waals surface area (Å²) in [6, 6.07) is 29.2. The van der Waals surface area contributed by atoms with E-state index in [0.717, 1.165) is 49.1 Å². The summed E-state index contributed by atoms with van der Waals surface area (Å²) in [6.45, 7) is 0. The maximum atomic E-state index is 6.78. The van der Waals surface area contributed by atoms with E-state index < -0.39 is 0 Å². The van der Waals surface area contributed by atoms with Gasteiger partial charge in [-0.3, -0.25) is 4.98 Å². The van der Waals surface area contributed by atoms with E-state index in [9.17, 15) is 0 Å². The molecule has 2 heterocycles. The van der Waals surface area contributed by atoms with Gasteiger partial charge in [-0.15, -0.1) is 0 Å². The number of para-hydroxylation sites is 1. The predicted octanol–water partition coefficient (Wildman–Crippen LogP) is 7.86. The number of fused-ring (bicyclic) bond motifs is 3. The van der Waals surface area contributed by atoms with E-state index in [0.29, 0.717) is 0 Å². The molecule has 0 saturated heterocycles. The summed E-state index contributed by atoms with van der Waals surface area (Å²) >= 11 is 6.78. The molecule has 1 N–H and O–H groups in total. The number of aromatic amines is 1. The summed E-state index contributed by atoms with van der Waals surface area (Å²) in [5, 5.41) is 6.36. The summed E-state index contributed by atoms with van der Waals surface area (Å²) in [5.41, 5.74) is 5.40. The van der Waals surface area contributed by atoms with Crippen LogP contribution in [0.5, 0.6) is 0 Å². The molecule has 0 bridgehead atoms. The molecule has 0 aliphatic heterocycles. The topological polar surface area (TPSA) is 28.7 Å². The molecule has 6 aromatic rings. The Morgan fingerprint density at radius 1 is 0.667 bits per heavy atom. The Morgan fingerprint density at radius 2 is 1.37 bits per heavy atom.